The Morgan fingerprint density at radius 3 is 2.87 bits per heavy atom. The molecule has 15 heavy (non-hydrogen) atoms. The van der Waals surface area contributed by atoms with Crippen LogP contribution >= 0.6 is 0 Å². The summed E-state index contributed by atoms with van der Waals surface area (Å²) in [6.07, 6.45) is 2.66. The lowest BCUT2D eigenvalue weighted by Gasteiger charge is -2.48. The number of likely N-dealkylation sites (N-methyl/N-ethyl adjacent to an activating group) is 1. The van der Waals surface area contributed by atoms with Crippen LogP contribution in [0, 0.1) is 5.92 Å². The molecule has 0 amide bonds. The van der Waals surface area contributed by atoms with Crippen molar-refractivity contribution in [2.24, 2.45) is 5.92 Å². The lowest BCUT2D eigenvalue weighted by molar-refractivity contribution is 0.0978. The summed E-state index contributed by atoms with van der Waals surface area (Å²) in [7, 11) is 2.24. The van der Waals surface area contributed by atoms with Gasteiger partial charge in [0.2, 0.25) is 0 Å². The molecule has 3 nitrogen and oxygen atoms in total. The van der Waals surface area contributed by atoms with Crippen LogP contribution < -0.4 is 10.6 Å². The van der Waals surface area contributed by atoms with Crippen molar-refractivity contribution in [3.8, 4) is 0 Å². The maximum absolute atomic E-state index is 3.89. The summed E-state index contributed by atoms with van der Waals surface area (Å²) in [6, 6.07) is 0.644. The van der Waals surface area contributed by atoms with Crippen molar-refractivity contribution in [3.05, 3.63) is 0 Å². The summed E-state index contributed by atoms with van der Waals surface area (Å²) in [6.45, 7) is 9.35. The Balaban J connectivity index is 2.01. The maximum atomic E-state index is 3.89. The Morgan fingerprint density at radius 2 is 2.20 bits per heavy atom. The molecular formula is C12H25N3. The third-order valence-corrected chi connectivity index (χ3v) is 3.89. The third-order valence-electron chi connectivity index (χ3n) is 3.89. The molecule has 0 aromatic rings. The van der Waals surface area contributed by atoms with Crippen molar-refractivity contribution in [1.29, 1.82) is 0 Å². The van der Waals surface area contributed by atoms with Gasteiger partial charge in [0, 0.05) is 31.2 Å². The Labute approximate surface area is 93.6 Å². The molecule has 1 unspecified atom stereocenters. The van der Waals surface area contributed by atoms with Crippen molar-refractivity contribution in [2.45, 2.75) is 38.3 Å². The number of piperidine rings is 1. The normalized spacial score (nSPS) is 38.8. The molecule has 2 aliphatic rings. The highest BCUT2D eigenvalue weighted by atomic mass is 15.2. The van der Waals surface area contributed by atoms with E-state index < -0.39 is 0 Å². The van der Waals surface area contributed by atoms with E-state index in [0.717, 1.165) is 19.0 Å². The maximum Gasteiger partial charge on any atom is 0.0437 e. The van der Waals surface area contributed by atoms with E-state index in [1.54, 1.807) is 0 Å². The first-order valence-electron chi connectivity index (χ1n) is 6.28. The van der Waals surface area contributed by atoms with Crippen LogP contribution in [0.15, 0.2) is 0 Å². The predicted molar refractivity (Wildman–Crippen MR) is 64.1 cm³/mol. The van der Waals surface area contributed by atoms with E-state index in [4.69, 9.17) is 0 Å². The van der Waals surface area contributed by atoms with E-state index in [1.165, 1.54) is 25.9 Å². The Bertz CT molecular complexity index is 213. The van der Waals surface area contributed by atoms with E-state index in [1.807, 2.05) is 0 Å². The van der Waals surface area contributed by atoms with Crippen LogP contribution in [0.3, 0.4) is 0 Å². The van der Waals surface area contributed by atoms with Crippen LogP contribution in [-0.4, -0.2) is 49.7 Å². The van der Waals surface area contributed by atoms with Crippen LogP contribution in [0.5, 0.6) is 0 Å². The van der Waals surface area contributed by atoms with Crippen molar-refractivity contribution in [1.82, 2.24) is 15.5 Å². The molecule has 2 N–H and O–H groups in total. The Kier molecular flexibility index (Phi) is 3.33. The molecule has 2 aliphatic heterocycles. The minimum absolute atomic E-state index is 0.347. The standard InChI is InChI=1S/C12H25N3/c1-10(2)11-7-13-8-12(14-11)5-4-6-15(3)9-12/h10-11,13-14H,4-9H2,1-3H3/t11-,12?/m1/s1. The lowest BCUT2D eigenvalue weighted by Crippen LogP contribution is -2.69. The quantitative estimate of drug-likeness (QED) is 0.667. The molecule has 2 fully saturated rings. The second-order valence-electron chi connectivity index (χ2n) is 5.75. The fourth-order valence-electron chi connectivity index (χ4n) is 2.99. The highest BCUT2D eigenvalue weighted by Crippen LogP contribution is 2.23. The van der Waals surface area contributed by atoms with Gasteiger partial charge < -0.3 is 15.5 Å². The first kappa shape index (κ1) is 11.4. The number of hydrogen-bond donors (Lipinski definition) is 2. The molecule has 88 valence electrons. The third kappa shape index (κ3) is 2.52. The zero-order valence-corrected chi connectivity index (χ0v) is 10.3. The minimum Gasteiger partial charge on any atom is -0.313 e. The number of nitrogens with zero attached hydrogens (tertiary/aromatic N) is 1. The molecule has 1 spiro atoms. The molecule has 2 rings (SSSR count). The van der Waals surface area contributed by atoms with E-state index in [2.05, 4.69) is 36.4 Å². The predicted octanol–water partition coefficient (Wildman–Crippen LogP) is 0.668. The first-order valence-corrected chi connectivity index (χ1v) is 6.28. The molecule has 0 aromatic carbocycles. The van der Waals surface area contributed by atoms with Gasteiger partial charge in [-0.2, -0.15) is 0 Å². The highest BCUT2D eigenvalue weighted by molar-refractivity contribution is 5.01. The second kappa shape index (κ2) is 4.40. The summed E-state index contributed by atoms with van der Waals surface area (Å²) in [5.41, 5.74) is 0.347. The van der Waals surface area contributed by atoms with Crippen LogP contribution in [0.1, 0.15) is 26.7 Å². The van der Waals surface area contributed by atoms with Crippen molar-refractivity contribution in [2.75, 3.05) is 33.2 Å². The number of nitrogens with one attached hydrogen (secondary N) is 2. The van der Waals surface area contributed by atoms with E-state index >= 15 is 0 Å². The van der Waals surface area contributed by atoms with Gasteiger partial charge in [-0.1, -0.05) is 13.8 Å². The molecule has 3 heteroatoms. The second-order valence-corrected chi connectivity index (χ2v) is 5.75. The highest BCUT2D eigenvalue weighted by Gasteiger charge is 2.38. The van der Waals surface area contributed by atoms with Gasteiger partial charge in [-0.15, -0.1) is 0 Å². The van der Waals surface area contributed by atoms with Gasteiger partial charge in [-0.3, -0.25) is 0 Å². The van der Waals surface area contributed by atoms with E-state index in [-0.39, 0.29) is 0 Å². The Hall–Kier alpha value is -0.120. The number of hydrogen-bond acceptors (Lipinski definition) is 3. The van der Waals surface area contributed by atoms with Gasteiger partial charge in [-0.25, -0.2) is 0 Å². The smallest absolute Gasteiger partial charge is 0.0437 e. The molecule has 0 radical (unpaired) electrons. The van der Waals surface area contributed by atoms with Gasteiger partial charge >= 0.3 is 0 Å². The molecule has 0 bridgehead atoms. The molecule has 2 heterocycles. The van der Waals surface area contributed by atoms with Gasteiger partial charge in [-0.05, 0) is 32.4 Å². The molecule has 0 saturated carbocycles. The zero-order valence-electron chi connectivity index (χ0n) is 10.3. The molecule has 0 aromatic heterocycles. The van der Waals surface area contributed by atoms with Crippen molar-refractivity contribution >= 4 is 0 Å². The average Bonchev–Trinajstić information content (AvgIpc) is 2.17. The van der Waals surface area contributed by atoms with Crippen molar-refractivity contribution in [3.63, 3.8) is 0 Å². The zero-order chi connectivity index (χ0) is 10.9. The first-order chi connectivity index (χ1) is 7.11. The van der Waals surface area contributed by atoms with Crippen LogP contribution in [-0.2, 0) is 0 Å². The molecule has 0 aliphatic carbocycles. The largest absolute Gasteiger partial charge is 0.313 e. The summed E-state index contributed by atoms with van der Waals surface area (Å²) >= 11 is 0. The van der Waals surface area contributed by atoms with Crippen LogP contribution in [0.25, 0.3) is 0 Å². The fraction of sp³-hybridized carbons (Fsp3) is 1.00. The molecular weight excluding hydrogens is 186 g/mol. The van der Waals surface area contributed by atoms with Gasteiger partial charge in [0.25, 0.3) is 0 Å². The van der Waals surface area contributed by atoms with E-state index in [0.29, 0.717) is 11.6 Å². The van der Waals surface area contributed by atoms with E-state index in [9.17, 15) is 0 Å². The number of piperazine rings is 1. The summed E-state index contributed by atoms with van der Waals surface area (Å²) < 4.78 is 0. The van der Waals surface area contributed by atoms with Crippen LogP contribution in [0.4, 0.5) is 0 Å². The summed E-state index contributed by atoms with van der Waals surface area (Å²) in [4.78, 5) is 2.46. The Morgan fingerprint density at radius 1 is 1.40 bits per heavy atom. The monoisotopic (exact) mass is 211 g/mol. The van der Waals surface area contributed by atoms with Crippen LogP contribution in [0.2, 0.25) is 0 Å². The van der Waals surface area contributed by atoms with Gasteiger partial charge in [0.05, 0.1) is 0 Å². The average molecular weight is 211 g/mol. The number of likely N-dealkylation sites (tertiary alicyclic amines) is 1. The summed E-state index contributed by atoms with van der Waals surface area (Å²) in [5, 5.41) is 7.50. The topological polar surface area (TPSA) is 27.3 Å². The summed E-state index contributed by atoms with van der Waals surface area (Å²) in [5.74, 6) is 0.724. The SMILES string of the molecule is CC(C)[C@H]1CNCC2(CCCN(C)C2)N1. The minimum atomic E-state index is 0.347. The van der Waals surface area contributed by atoms with Crippen molar-refractivity contribution < 1.29 is 0 Å². The van der Waals surface area contributed by atoms with Gasteiger partial charge in [0.15, 0.2) is 0 Å². The van der Waals surface area contributed by atoms with Gasteiger partial charge in [0.1, 0.15) is 0 Å². The number of rotatable bonds is 1. The molecule has 2 atom stereocenters. The lowest BCUT2D eigenvalue weighted by atomic mass is 9.84. The molecule has 2 saturated heterocycles. The fourth-order valence-corrected chi connectivity index (χ4v) is 2.99.